The number of ether oxygens (including phenoxy) is 1. The molecule has 0 spiro atoms. The number of nitrogens with zero attached hydrogens (tertiary/aromatic N) is 5. The van der Waals surface area contributed by atoms with Crippen LogP contribution in [0.25, 0.3) is 11.3 Å². The highest BCUT2D eigenvalue weighted by atomic mass is 32.2. The van der Waals surface area contributed by atoms with E-state index in [1.165, 1.54) is 53.6 Å². The Morgan fingerprint density at radius 2 is 2.03 bits per heavy atom. The SMILES string of the molecule is COc1ccc([N+](=O)[O-])cc1C1N(C(C)=O)c2ccccc2-c2c([O-])nc(SC)n[n+]21. The second kappa shape index (κ2) is 7.84. The van der Waals surface area contributed by atoms with Gasteiger partial charge in [-0.15, -0.1) is 0 Å². The van der Waals surface area contributed by atoms with Crippen molar-refractivity contribution in [3.63, 3.8) is 0 Å². The summed E-state index contributed by atoms with van der Waals surface area (Å²) in [4.78, 5) is 29.2. The first kappa shape index (κ1) is 20.5. The molecular formula is C20H17N5O5S. The number of methoxy groups -OCH3 is 1. The number of hydrogen-bond donors (Lipinski definition) is 0. The van der Waals surface area contributed by atoms with Gasteiger partial charge in [0.25, 0.3) is 22.7 Å². The Bertz CT molecular complexity index is 1220. The van der Waals surface area contributed by atoms with Gasteiger partial charge in [0.1, 0.15) is 5.75 Å². The van der Waals surface area contributed by atoms with Gasteiger partial charge < -0.3 is 9.84 Å². The summed E-state index contributed by atoms with van der Waals surface area (Å²) in [5, 5.41) is 29.1. The highest BCUT2D eigenvalue weighted by molar-refractivity contribution is 7.98. The first-order valence-corrected chi connectivity index (χ1v) is 10.4. The van der Waals surface area contributed by atoms with Crippen molar-refractivity contribution in [1.82, 2.24) is 10.1 Å². The van der Waals surface area contributed by atoms with Gasteiger partial charge in [-0.3, -0.25) is 14.9 Å². The van der Waals surface area contributed by atoms with Gasteiger partial charge in [-0.2, -0.15) is 0 Å². The average molecular weight is 439 g/mol. The van der Waals surface area contributed by atoms with Crippen LogP contribution in [0.5, 0.6) is 11.6 Å². The molecule has 11 heteroatoms. The third kappa shape index (κ3) is 3.32. The number of nitro benzene ring substituents is 1. The largest absolute Gasteiger partial charge is 0.854 e. The molecule has 2 heterocycles. The number of rotatable bonds is 4. The van der Waals surface area contributed by atoms with Crippen LogP contribution >= 0.6 is 11.8 Å². The molecule has 0 fully saturated rings. The lowest BCUT2D eigenvalue weighted by Crippen LogP contribution is -2.58. The summed E-state index contributed by atoms with van der Waals surface area (Å²) in [6.07, 6.45) is 0.739. The van der Waals surface area contributed by atoms with Crippen molar-refractivity contribution in [2.24, 2.45) is 0 Å². The van der Waals surface area contributed by atoms with E-state index in [2.05, 4.69) is 10.1 Å². The summed E-state index contributed by atoms with van der Waals surface area (Å²) in [7, 11) is 1.43. The fourth-order valence-corrected chi connectivity index (χ4v) is 4.02. The lowest BCUT2D eigenvalue weighted by atomic mass is 10.0. The molecule has 1 aliphatic rings. The minimum absolute atomic E-state index is 0.179. The van der Waals surface area contributed by atoms with Crippen LogP contribution in [0.3, 0.4) is 0 Å². The number of fused-ring (bicyclic) bond motifs is 3. The summed E-state index contributed by atoms with van der Waals surface area (Å²) >= 11 is 1.18. The molecule has 158 valence electrons. The zero-order valence-corrected chi connectivity index (χ0v) is 17.6. The van der Waals surface area contributed by atoms with Gasteiger partial charge in [-0.05, 0) is 24.5 Å². The van der Waals surface area contributed by atoms with Crippen molar-refractivity contribution in [3.8, 4) is 22.9 Å². The maximum Gasteiger partial charge on any atom is 0.296 e. The van der Waals surface area contributed by atoms with Crippen LogP contribution in [-0.4, -0.2) is 34.3 Å². The number of anilines is 1. The Hall–Kier alpha value is -3.73. The number of carbonyl (C=O) groups excluding carboxylic acids is 1. The first-order valence-electron chi connectivity index (χ1n) is 9.13. The molecule has 31 heavy (non-hydrogen) atoms. The summed E-state index contributed by atoms with van der Waals surface area (Å²) in [5.41, 5.74) is 1.30. The lowest BCUT2D eigenvalue weighted by molar-refractivity contribution is -0.764. The Kier molecular flexibility index (Phi) is 5.19. The van der Waals surface area contributed by atoms with E-state index in [0.29, 0.717) is 22.6 Å². The molecular weight excluding hydrogens is 422 g/mol. The maximum atomic E-state index is 13.0. The van der Waals surface area contributed by atoms with E-state index in [4.69, 9.17) is 4.74 Å². The average Bonchev–Trinajstić information content (AvgIpc) is 2.76. The molecule has 0 N–H and O–H groups in total. The van der Waals surface area contributed by atoms with Crippen molar-refractivity contribution >= 4 is 29.0 Å². The van der Waals surface area contributed by atoms with Gasteiger partial charge in [0, 0.05) is 24.2 Å². The molecule has 10 nitrogen and oxygen atoms in total. The molecule has 0 radical (unpaired) electrons. The van der Waals surface area contributed by atoms with Gasteiger partial charge in [0.2, 0.25) is 5.91 Å². The van der Waals surface area contributed by atoms with Gasteiger partial charge >= 0.3 is 0 Å². The predicted octanol–water partition coefficient (Wildman–Crippen LogP) is 2.06. The number of non-ortho nitro benzene ring substituents is 1. The Morgan fingerprint density at radius 1 is 1.29 bits per heavy atom. The van der Waals surface area contributed by atoms with E-state index in [1.807, 2.05) is 0 Å². The molecule has 1 unspecified atom stereocenters. The van der Waals surface area contributed by atoms with Crippen molar-refractivity contribution in [1.29, 1.82) is 0 Å². The molecule has 0 aliphatic carbocycles. The Balaban J connectivity index is 2.11. The Labute approximate surface area is 181 Å². The number of amides is 1. The monoisotopic (exact) mass is 439 g/mol. The minimum atomic E-state index is -0.987. The Morgan fingerprint density at radius 3 is 2.68 bits per heavy atom. The summed E-state index contributed by atoms with van der Waals surface area (Å²) in [6.45, 7) is 1.38. The highest BCUT2D eigenvalue weighted by Crippen LogP contribution is 2.43. The van der Waals surface area contributed by atoms with Crippen LogP contribution in [0.1, 0.15) is 18.7 Å². The van der Waals surface area contributed by atoms with Crippen molar-refractivity contribution in [3.05, 3.63) is 58.1 Å². The van der Waals surface area contributed by atoms with Gasteiger partial charge in [0.05, 0.1) is 34.7 Å². The summed E-state index contributed by atoms with van der Waals surface area (Å²) in [5.74, 6) is -0.526. The van der Waals surface area contributed by atoms with E-state index < -0.39 is 17.0 Å². The highest BCUT2D eigenvalue weighted by Gasteiger charge is 2.45. The number of thioether (sulfide) groups is 1. The number of para-hydroxylation sites is 1. The zero-order chi connectivity index (χ0) is 22.3. The predicted molar refractivity (Wildman–Crippen MR) is 110 cm³/mol. The molecule has 1 aromatic heterocycles. The second-order valence-corrected chi connectivity index (χ2v) is 7.43. The van der Waals surface area contributed by atoms with Crippen LogP contribution in [0.2, 0.25) is 0 Å². The number of aromatic nitrogens is 3. The molecule has 1 atom stereocenters. The second-order valence-electron chi connectivity index (χ2n) is 6.66. The topological polar surface area (TPSA) is 125 Å². The first-order chi connectivity index (χ1) is 14.9. The molecule has 0 saturated carbocycles. The smallest absolute Gasteiger partial charge is 0.296 e. The van der Waals surface area contributed by atoms with E-state index in [9.17, 15) is 20.0 Å². The van der Waals surface area contributed by atoms with Crippen LogP contribution in [-0.2, 0) is 4.79 Å². The van der Waals surface area contributed by atoms with Crippen molar-refractivity contribution in [2.45, 2.75) is 18.2 Å². The van der Waals surface area contributed by atoms with Gasteiger partial charge in [-0.1, -0.05) is 28.6 Å². The van der Waals surface area contributed by atoms with Crippen LogP contribution in [0.15, 0.2) is 47.6 Å². The zero-order valence-electron chi connectivity index (χ0n) is 16.8. The fourth-order valence-electron chi connectivity index (χ4n) is 3.68. The molecule has 0 bridgehead atoms. The van der Waals surface area contributed by atoms with Crippen molar-refractivity contribution in [2.75, 3.05) is 18.3 Å². The lowest BCUT2D eigenvalue weighted by Gasteiger charge is -2.33. The number of benzene rings is 2. The number of nitro groups is 1. The quantitative estimate of drug-likeness (QED) is 0.262. The minimum Gasteiger partial charge on any atom is -0.854 e. The standard InChI is InChI=1S/C20H17N5O5S/c1-11(26)23-15-7-5-4-6-13(15)17-18(27)21-20(31-3)22-24(17)19(23)14-10-12(25(28)29)8-9-16(14)30-2/h4-10,19H,1-3H3. The summed E-state index contributed by atoms with van der Waals surface area (Å²) < 4.78 is 6.85. The fraction of sp³-hybridized carbons (Fsp3) is 0.200. The number of hydrogen-bond acceptors (Lipinski definition) is 8. The molecule has 1 amide bonds. The third-order valence-electron chi connectivity index (χ3n) is 4.94. The molecule has 2 aromatic carbocycles. The van der Waals surface area contributed by atoms with E-state index in [0.717, 1.165) is 0 Å². The molecule has 3 aromatic rings. The van der Waals surface area contributed by atoms with Crippen LogP contribution in [0.4, 0.5) is 11.4 Å². The van der Waals surface area contributed by atoms with E-state index in [-0.39, 0.29) is 22.4 Å². The molecule has 0 saturated heterocycles. The summed E-state index contributed by atoms with van der Waals surface area (Å²) in [6, 6.07) is 11.0. The van der Waals surface area contributed by atoms with Crippen LogP contribution in [0, 0.1) is 10.1 Å². The third-order valence-corrected chi connectivity index (χ3v) is 5.48. The molecule has 4 rings (SSSR count). The van der Waals surface area contributed by atoms with Crippen molar-refractivity contribution < 1.29 is 24.2 Å². The normalized spacial score (nSPS) is 14.5. The van der Waals surface area contributed by atoms with Gasteiger partial charge in [-0.25, -0.2) is 9.88 Å². The van der Waals surface area contributed by atoms with E-state index in [1.54, 1.807) is 30.5 Å². The van der Waals surface area contributed by atoms with Gasteiger partial charge in [0.15, 0.2) is 0 Å². The van der Waals surface area contributed by atoms with E-state index >= 15 is 0 Å². The number of carbonyl (C=O) groups is 1. The molecule has 1 aliphatic heterocycles. The van der Waals surface area contributed by atoms with Crippen LogP contribution < -0.4 is 19.4 Å². The maximum absolute atomic E-state index is 13.0.